The van der Waals surface area contributed by atoms with Gasteiger partial charge in [-0.1, -0.05) is 15.9 Å². The van der Waals surface area contributed by atoms with Gasteiger partial charge in [0, 0.05) is 16.7 Å². The first-order valence-corrected chi connectivity index (χ1v) is 6.00. The summed E-state index contributed by atoms with van der Waals surface area (Å²) in [5.41, 5.74) is 2.28. The Morgan fingerprint density at radius 2 is 2.47 bits per heavy atom. The van der Waals surface area contributed by atoms with Crippen LogP contribution in [0.3, 0.4) is 0 Å². The first kappa shape index (κ1) is 9.36. The van der Waals surface area contributed by atoms with E-state index in [1.54, 1.807) is 0 Å². The second-order valence-corrected chi connectivity index (χ2v) is 4.82. The zero-order valence-corrected chi connectivity index (χ0v) is 9.87. The maximum Gasteiger partial charge on any atom is 0.138 e. The van der Waals surface area contributed by atoms with Crippen LogP contribution >= 0.6 is 15.9 Å². The molecule has 0 bridgehead atoms. The van der Waals surface area contributed by atoms with Gasteiger partial charge in [0.25, 0.3) is 0 Å². The van der Waals surface area contributed by atoms with E-state index in [1.807, 2.05) is 18.3 Å². The van der Waals surface area contributed by atoms with Gasteiger partial charge in [0.05, 0.1) is 11.9 Å². The van der Waals surface area contributed by atoms with E-state index in [4.69, 9.17) is 0 Å². The molecule has 1 aliphatic heterocycles. The number of fused-ring (bicyclic) bond motifs is 1. The van der Waals surface area contributed by atoms with E-state index >= 15 is 0 Å². The number of hydrogen-bond donors (Lipinski definition) is 1. The smallest absolute Gasteiger partial charge is 0.138 e. The van der Waals surface area contributed by atoms with Crippen molar-refractivity contribution in [1.82, 2.24) is 14.7 Å². The molecule has 1 fully saturated rings. The van der Waals surface area contributed by atoms with Gasteiger partial charge in [-0.3, -0.25) is 0 Å². The Hall–Kier alpha value is -0.870. The number of halogens is 1. The molecular formula is C11H12BrN3. The molecule has 0 aromatic carbocycles. The summed E-state index contributed by atoms with van der Waals surface area (Å²) in [4.78, 5) is 4.42. The van der Waals surface area contributed by atoms with Crippen molar-refractivity contribution in [1.29, 1.82) is 0 Å². The van der Waals surface area contributed by atoms with Gasteiger partial charge in [-0.2, -0.15) is 0 Å². The van der Waals surface area contributed by atoms with Gasteiger partial charge in [-0.25, -0.2) is 4.98 Å². The Labute approximate surface area is 96.6 Å². The minimum Gasteiger partial charge on any atom is -0.309 e. The van der Waals surface area contributed by atoms with E-state index in [-0.39, 0.29) is 0 Å². The lowest BCUT2D eigenvalue weighted by Gasteiger charge is -2.09. The van der Waals surface area contributed by atoms with Crippen molar-refractivity contribution in [3.8, 4) is 0 Å². The van der Waals surface area contributed by atoms with Crippen molar-refractivity contribution in [3.05, 3.63) is 34.7 Å². The van der Waals surface area contributed by atoms with Crippen LogP contribution in [0.2, 0.25) is 0 Å². The van der Waals surface area contributed by atoms with Crippen LogP contribution in [-0.4, -0.2) is 15.9 Å². The van der Waals surface area contributed by atoms with Crippen LogP contribution in [0.25, 0.3) is 5.65 Å². The van der Waals surface area contributed by atoms with Crippen molar-refractivity contribution in [2.24, 2.45) is 0 Å². The molecular weight excluding hydrogens is 254 g/mol. The van der Waals surface area contributed by atoms with Crippen LogP contribution in [0.5, 0.6) is 0 Å². The fourth-order valence-corrected chi connectivity index (χ4v) is 2.49. The summed E-state index contributed by atoms with van der Waals surface area (Å²) in [5.74, 6) is 0. The van der Waals surface area contributed by atoms with Crippen molar-refractivity contribution in [2.45, 2.75) is 18.9 Å². The molecule has 1 atom stereocenters. The molecule has 1 saturated heterocycles. The van der Waals surface area contributed by atoms with E-state index in [2.05, 4.69) is 36.8 Å². The molecule has 0 amide bonds. The lowest BCUT2D eigenvalue weighted by Crippen LogP contribution is -2.14. The van der Waals surface area contributed by atoms with E-state index in [0.717, 1.165) is 16.7 Å². The summed E-state index contributed by atoms with van der Waals surface area (Å²) in [6, 6.07) is 4.56. The molecule has 0 radical (unpaired) electrons. The van der Waals surface area contributed by atoms with Gasteiger partial charge >= 0.3 is 0 Å². The highest BCUT2D eigenvalue weighted by molar-refractivity contribution is 9.10. The second-order valence-electron chi connectivity index (χ2n) is 3.91. The lowest BCUT2D eigenvalue weighted by atomic mass is 10.2. The molecule has 0 spiro atoms. The lowest BCUT2D eigenvalue weighted by molar-refractivity contribution is 0.622. The maximum atomic E-state index is 4.42. The third-order valence-electron chi connectivity index (χ3n) is 2.92. The molecule has 2 aromatic heterocycles. The number of hydrogen-bond acceptors (Lipinski definition) is 2. The largest absolute Gasteiger partial charge is 0.309 e. The molecule has 0 aliphatic carbocycles. The summed E-state index contributed by atoms with van der Waals surface area (Å²) in [7, 11) is 0. The first-order chi connectivity index (χ1) is 7.34. The second kappa shape index (κ2) is 3.61. The molecule has 4 heteroatoms. The zero-order chi connectivity index (χ0) is 10.3. The topological polar surface area (TPSA) is 29.3 Å². The van der Waals surface area contributed by atoms with Crippen LogP contribution in [0.15, 0.2) is 29.0 Å². The number of nitrogens with one attached hydrogen (secondary N) is 1. The standard InChI is InChI=1S/C11H12BrN3/c12-8-3-5-15-10(7-14-11(15)6-8)9-2-1-4-13-9/h3,5-7,9,13H,1-2,4H2. The molecule has 1 aliphatic rings. The number of rotatable bonds is 1. The number of aromatic nitrogens is 2. The molecule has 0 saturated carbocycles. The number of imidazole rings is 1. The summed E-state index contributed by atoms with van der Waals surface area (Å²) in [5, 5.41) is 3.49. The molecule has 1 unspecified atom stereocenters. The number of nitrogens with zero attached hydrogens (tertiary/aromatic N) is 2. The van der Waals surface area contributed by atoms with Gasteiger partial charge in [0.15, 0.2) is 0 Å². The molecule has 2 aromatic rings. The fraction of sp³-hybridized carbons (Fsp3) is 0.364. The summed E-state index contributed by atoms with van der Waals surface area (Å²) in [6.45, 7) is 1.12. The average molecular weight is 266 g/mol. The van der Waals surface area contributed by atoms with Crippen molar-refractivity contribution >= 4 is 21.6 Å². The van der Waals surface area contributed by atoms with Crippen LogP contribution in [0, 0.1) is 0 Å². The normalized spacial score (nSPS) is 21.3. The Morgan fingerprint density at radius 3 is 3.27 bits per heavy atom. The molecule has 3 heterocycles. The summed E-state index contributed by atoms with van der Waals surface area (Å²) < 4.78 is 3.24. The Morgan fingerprint density at radius 1 is 1.53 bits per heavy atom. The maximum absolute atomic E-state index is 4.42. The predicted molar refractivity (Wildman–Crippen MR) is 62.9 cm³/mol. The van der Waals surface area contributed by atoms with Crippen LogP contribution < -0.4 is 5.32 Å². The quantitative estimate of drug-likeness (QED) is 0.859. The molecule has 1 N–H and O–H groups in total. The van der Waals surface area contributed by atoms with E-state index in [9.17, 15) is 0 Å². The fourth-order valence-electron chi connectivity index (χ4n) is 2.17. The van der Waals surface area contributed by atoms with E-state index in [1.165, 1.54) is 18.5 Å². The third-order valence-corrected chi connectivity index (χ3v) is 3.41. The average Bonchev–Trinajstić information content (AvgIpc) is 2.82. The van der Waals surface area contributed by atoms with E-state index in [0.29, 0.717) is 6.04 Å². The van der Waals surface area contributed by atoms with Crippen LogP contribution in [-0.2, 0) is 0 Å². The van der Waals surface area contributed by atoms with Crippen LogP contribution in [0.1, 0.15) is 24.6 Å². The molecule has 3 nitrogen and oxygen atoms in total. The molecule has 78 valence electrons. The van der Waals surface area contributed by atoms with Gasteiger partial charge in [-0.05, 0) is 31.5 Å². The molecule has 3 rings (SSSR count). The van der Waals surface area contributed by atoms with Crippen molar-refractivity contribution in [2.75, 3.05) is 6.54 Å². The van der Waals surface area contributed by atoms with Crippen molar-refractivity contribution in [3.63, 3.8) is 0 Å². The highest BCUT2D eigenvalue weighted by Crippen LogP contribution is 2.24. The predicted octanol–water partition coefficient (Wildman–Crippen LogP) is 2.52. The Kier molecular flexibility index (Phi) is 2.25. The van der Waals surface area contributed by atoms with Gasteiger partial charge in [-0.15, -0.1) is 0 Å². The van der Waals surface area contributed by atoms with Crippen molar-refractivity contribution < 1.29 is 0 Å². The van der Waals surface area contributed by atoms with Gasteiger partial charge < -0.3 is 9.72 Å². The first-order valence-electron chi connectivity index (χ1n) is 5.20. The number of pyridine rings is 1. The third kappa shape index (κ3) is 1.58. The SMILES string of the molecule is Brc1ccn2c(C3CCCN3)cnc2c1. The Bertz CT molecular complexity index is 486. The highest BCUT2D eigenvalue weighted by Gasteiger charge is 2.19. The Balaban J connectivity index is 2.11. The monoisotopic (exact) mass is 265 g/mol. The van der Waals surface area contributed by atoms with Gasteiger partial charge in [0.2, 0.25) is 0 Å². The minimum atomic E-state index is 0.473. The highest BCUT2D eigenvalue weighted by atomic mass is 79.9. The van der Waals surface area contributed by atoms with E-state index < -0.39 is 0 Å². The molecule has 15 heavy (non-hydrogen) atoms. The zero-order valence-electron chi connectivity index (χ0n) is 8.28. The van der Waals surface area contributed by atoms with Gasteiger partial charge in [0.1, 0.15) is 5.65 Å². The minimum absolute atomic E-state index is 0.473. The summed E-state index contributed by atoms with van der Waals surface area (Å²) in [6.07, 6.45) is 6.52. The summed E-state index contributed by atoms with van der Waals surface area (Å²) >= 11 is 3.46. The van der Waals surface area contributed by atoms with Crippen LogP contribution in [0.4, 0.5) is 0 Å².